The van der Waals surface area contributed by atoms with Gasteiger partial charge in [-0.25, -0.2) is 4.98 Å². The Kier molecular flexibility index (Phi) is 3.62. The largest absolute Gasteiger partial charge is 0.394 e. The van der Waals surface area contributed by atoms with Crippen molar-refractivity contribution >= 4 is 17.1 Å². The molecular weight excluding hydrogens is 278 g/mol. The normalized spacial score (nSPS) is 25.7. The number of aliphatic hydroxyl groups is 1. The molecule has 0 radical (unpaired) electrons. The molecule has 4 N–H and O–H groups in total. The highest BCUT2D eigenvalue weighted by atomic mass is 16.6. The van der Waals surface area contributed by atoms with E-state index in [0.717, 1.165) is 0 Å². The van der Waals surface area contributed by atoms with Crippen molar-refractivity contribution in [1.82, 2.24) is 19.5 Å². The first-order chi connectivity index (χ1) is 10.1. The van der Waals surface area contributed by atoms with E-state index >= 15 is 0 Å². The first kappa shape index (κ1) is 14.0. The van der Waals surface area contributed by atoms with Gasteiger partial charge in [0.1, 0.15) is 12.3 Å². The molecule has 3 heterocycles. The summed E-state index contributed by atoms with van der Waals surface area (Å²) >= 11 is 0. The van der Waals surface area contributed by atoms with Crippen molar-refractivity contribution < 1.29 is 14.6 Å². The molecule has 0 bridgehead atoms. The van der Waals surface area contributed by atoms with Gasteiger partial charge in [-0.05, 0) is 6.92 Å². The minimum atomic E-state index is -0.410. The summed E-state index contributed by atoms with van der Waals surface area (Å²) in [5.41, 5.74) is 5.73. The lowest BCUT2D eigenvalue weighted by Gasteiger charge is -2.15. The van der Waals surface area contributed by atoms with Crippen molar-refractivity contribution in [2.45, 2.75) is 31.8 Å². The number of aliphatic hydroxyl groups excluding tert-OH is 1. The number of hydrogen-bond donors (Lipinski definition) is 3. The fourth-order valence-corrected chi connectivity index (χ4v) is 2.58. The summed E-state index contributed by atoms with van der Waals surface area (Å²) in [5, 5.41) is 9.36. The maximum atomic E-state index is 11.8. The highest BCUT2D eigenvalue weighted by Crippen LogP contribution is 2.32. The van der Waals surface area contributed by atoms with Gasteiger partial charge in [0.15, 0.2) is 11.2 Å². The van der Waals surface area contributed by atoms with Gasteiger partial charge in [-0.15, -0.1) is 0 Å². The van der Waals surface area contributed by atoms with Crippen LogP contribution in [0.15, 0.2) is 11.1 Å². The van der Waals surface area contributed by atoms with Crippen LogP contribution in [0.2, 0.25) is 0 Å². The van der Waals surface area contributed by atoms with Gasteiger partial charge in [0.2, 0.25) is 5.95 Å². The van der Waals surface area contributed by atoms with Gasteiger partial charge in [-0.3, -0.25) is 14.3 Å². The minimum absolute atomic E-state index is 0.0207. The van der Waals surface area contributed by atoms with Crippen molar-refractivity contribution in [3.63, 3.8) is 0 Å². The third kappa shape index (κ3) is 2.39. The molecule has 0 aromatic carbocycles. The number of rotatable bonds is 4. The van der Waals surface area contributed by atoms with Crippen LogP contribution < -0.4 is 11.3 Å². The van der Waals surface area contributed by atoms with E-state index in [2.05, 4.69) is 15.0 Å². The Labute approximate surface area is 119 Å². The van der Waals surface area contributed by atoms with Gasteiger partial charge >= 0.3 is 0 Å². The predicted molar refractivity (Wildman–Crippen MR) is 73.6 cm³/mol. The molecule has 0 saturated carbocycles. The minimum Gasteiger partial charge on any atom is -0.394 e. The van der Waals surface area contributed by atoms with E-state index in [0.29, 0.717) is 18.7 Å². The number of H-pyrrole nitrogens is 1. The van der Waals surface area contributed by atoms with E-state index in [-0.39, 0.29) is 24.2 Å². The number of nitrogens with two attached hydrogens (primary N) is 1. The van der Waals surface area contributed by atoms with Gasteiger partial charge in [0.05, 0.1) is 19.0 Å². The molecule has 3 rings (SSSR count). The summed E-state index contributed by atoms with van der Waals surface area (Å²) in [6, 6.07) is 0. The van der Waals surface area contributed by atoms with Crippen molar-refractivity contribution in [3.8, 4) is 0 Å². The molecule has 0 amide bonds. The number of fused-ring (bicyclic) bond motifs is 1. The SMILES string of the molecule is CCOC1CC(n2cnc3c(=O)[nH]c(N)nc32)OC1CO. The lowest BCUT2D eigenvalue weighted by Crippen LogP contribution is -2.27. The predicted octanol–water partition coefficient (Wildman–Crippen LogP) is -0.613. The lowest BCUT2D eigenvalue weighted by molar-refractivity contribution is -0.0584. The van der Waals surface area contributed by atoms with Crippen LogP contribution in [-0.2, 0) is 9.47 Å². The number of nitrogen functional groups attached to an aromatic ring is 1. The quantitative estimate of drug-likeness (QED) is 0.686. The number of aromatic amines is 1. The van der Waals surface area contributed by atoms with Crippen molar-refractivity contribution in [3.05, 3.63) is 16.7 Å². The molecule has 3 atom stereocenters. The molecule has 0 spiro atoms. The van der Waals surface area contributed by atoms with Crippen LogP contribution in [-0.4, -0.2) is 50.0 Å². The van der Waals surface area contributed by atoms with Crippen molar-refractivity contribution in [2.75, 3.05) is 18.9 Å². The van der Waals surface area contributed by atoms with Crippen LogP contribution in [0.4, 0.5) is 5.95 Å². The van der Waals surface area contributed by atoms with Crippen LogP contribution in [0.1, 0.15) is 19.6 Å². The lowest BCUT2D eigenvalue weighted by atomic mass is 10.2. The summed E-state index contributed by atoms with van der Waals surface area (Å²) in [4.78, 5) is 22.3. The summed E-state index contributed by atoms with van der Waals surface area (Å²) in [6.07, 6.45) is 1.00. The first-order valence-electron chi connectivity index (χ1n) is 6.74. The van der Waals surface area contributed by atoms with E-state index in [1.807, 2.05) is 6.92 Å². The molecule has 1 saturated heterocycles. The van der Waals surface area contributed by atoms with E-state index in [1.165, 1.54) is 6.33 Å². The third-order valence-electron chi connectivity index (χ3n) is 3.50. The molecule has 1 fully saturated rings. The number of nitrogens with one attached hydrogen (secondary N) is 1. The van der Waals surface area contributed by atoms with Crippen LogP contribution in [0.5, 0.6) is 0 Å². The van der Waals surface area contributed by atoms with Crippen LogP contribution >= 0.6 is 0 Å². The molecule has 1 aliphatic heterocycles. The number of aromatic nitrogens is 4. The van der Waals surface area contributed by atoms with Gasteiger partial charge < -0.3 is 20.3 Å². The fraction of sp³-hybridized carbons (Fsp3) is 0.583. The number of nitrogens with zero attached hydrogens (tertiary/aromatic N) is 3. The molecule has 114 valence electrons. The van der Waals surface area contributed by atoms with Gasteiger partial charge in [0.25, 0.3) is 5.56 Å². The first-order valence-corrected chi connectivity index (χ1v) is 6.74. The maximum Gasteiger partial charge on any atom is 0.280 e. The smallest absolute Gasteiger partial charge is 0.280 e. The Morgan fingerprint density at radius 2 is 2.48 bits per heavy atom. The Morgan fingerprint density at radius 1 is 1.67 bits per heavy atom. The number of imidazole rings is 1. The average Bonchev–Trinajstić information content (AvgIpc) is 3.02. The third-order valence-corrected chi connectivity index (χ3v) is 3.50. The Balaban J connectivity index is 1.96. The van der Waals surface area contributed by atoms with Crippen LogP contribution in [0.3, 0.4) is 0 Å². The summed E-state index contributed by atoms with van der Waals surface area (Å²) < 4.78 is 13.0. The van der Waals surface area contributed by atoms with Gasteiger partial charge in [-0.1, -0.05) is 0 Å². The molecular formula is C12H17N5O4. The van der Waals surface area contributed by atoms with E-state index in [1.54, 1.807) is 4.57 Å². The van der Waals surface area contributed by atoms with Gasteiger partial charge in [0, 0.05) is 13.0 Å². The summed E-state index contributed by atoms with van der Waals surface area (Å²) in [7, 11) is 0. The Morgan fingerprint density at radius 3 is 3.19 bits per heavy atom. The van der Waals surface area contributed by atoms with E-state index in [9.17, 15) is 9.90 Å². The fourth-order valence-electron chi connectivity index (χ4n) is 2.58. The van der Waals surface area contributed by atoms with E-state index in [4.69, 9.17) is 15.2 Å². The summed E-state index contributed by atoms with van der Waals surface area (Å²) in [5.74, 6) is 0.0207. The molecule has 2 aromatic heterocycles. The Hall–Kier alpha value is -1.97. The standard InChI is InChI=1S/C12H17N5O4/c1-2-20-6-3-8(21-7(6)4-18)17-5-14-9-10(17)15-12(13)16-11(9)19/h5-8,18H,2-4H2,1H3,(H3,13,15,16,19). The molecule has 21 heavy (non-hydrogen) atoms. The average molecular weight is 295 g/mol. The molecule has 1 aliphatic rings. The second-order valence-corrected chi connectivity index (χ2v) is 4.82. The van der Waals surface area contributed by atoms with Crippen LogP contribution in [0, 0.1) is 0 Å². The maximum absolute atomic E-state index is 11.8. The van der Waals surface area contributed by atoms with E-state index < -0.39 is 17.9 Å². The highest BCUT2D eigenvalue weighted by molar-refractivity contribution is 5.70. The molecule has 9 heteroatoms. The second kappa shape index (κ2) is 5.43. The molecule has 2 aromatic rings. The van der Waals surface area contributed by atoms with Gasteiger partial charge in [-0.2, -0.15) is 4.98 Å². The topological polar surface area (TPSA) is 128 Å². The second-order valence-electron chi connectivity index (χ2n) is 4.82. The number of anilines is 1. The zero-order valence-corrected chi connectivity index (χ0v) is 11.5. The highest BCUT2D eigenvalue weighted by Gasteiger charge is 2.37. The monoisotopic (exact) mass is 295 g/mol. The number of hydrogen-bond acceptors (Lipinski definition) is 7. The Bertz CT molecular complexity index is 697. The number of ether oxygens (including phenoxy) is 2. The molecule has 9 nitrogen and oxygen atoms in total. The van der Waals surface area contributed by atoms with Crippen molar-refractivity contribution in [2.24, 2.45) is 0 Å². The molecule has 3 unspecified atom stereocenters. The van der Waals surface area contributed by atoms with Crippen molar-refractivity contribution in [1.29, 1.82) is 0 Å². The van der Waals surface area contributed by atoms with Crippen LogP contribution in [0.25, 0.3) is 11.2 Å². The molecule has 0 aliphatic carbocycles. The summed E-state index contributed by atoms with van der Waals surface area (Å²) in [6.45, 7) is 2.28. The zero-order valence-electron chi connectivity index (χ0n) is 11.5. The zero-order chi connectivity index (χ0) is 15.0.